The topological polar surface area (TPSA) is 38.2 Å². The smallest absolute Gasteiger partial charge is 0.162 e. The van der Waals surface area contributed by atoms with Gasteiger partial charge in [0, 0.05) is 24.0 Å². The van der Waals surface area contributed by atoms with Gasteiger partial charge in [0.2, 0.25) is 0 Å². The number of fused-ring (bicyclic) bond motifs is 1. The van der Waals surface area contributed by atoms with Gasteiger partial charge in [0.25, 0.3) is 0 Å². The van der Waals surface area contributed by atoms with E-state index in [2.05, 4.69) is 62.1 Å². The minimum atomic E-state index is 0.195. The molecule has 3 aromatic rings. The molecule has 0 aliphatic carbocycles. The molecule has 1 aromatic heterocycles. The molecular weight excluding hydrogens is 310 g/mol. The van der Waals surface area contributed by atoms with Gasteiger partial charge in [-0.2, -0.15) is 0 Å². The zero-order valence-corrected chi connectivity index (χ0v) is 14.9. The maximum absolute atomic E-state index is 5.89. The first-order chi connectivity index (χ1) is 12.1. The molecule has 0 amide bonds. The summed E-state index contributed by atoms with van der Waals surface area (Å²) in [7, 11) is 0. The molecule has 2 aromatic carbocycles. The largest absolute Gasteiger partial charge is 0.372 e. The van der Waals surface area contributed by atoms with Crippen molar-refractivity contribution < 1.29 is 4.74 Å². The standard InChI is InChI=1S/C21H23N3O/c1-14-8-10-17(11-9-14)20-22-19-7-5-4-6-18(19)21(23-20)24-12-15(2)25-16(3)13-24/h4-11,15-16H,12-13H2,1-3H3/t15-,16+. The van der Waals surface area contributed by atoms with Crippen molar-refractivity contribution in [3.8, 4) is 11.4 Å². The van der Waals surface area contributed by atoms with Crippen molar-refractivity contribution in [1.29, 1.82) is 0 Å². The Labute approximate surface area is 148 Å². The van der Waals surface area contributed by atoms with Gasteiger partial charge >= 0.3 is 0 Å². The number of aryl methyl sites for hydroxylation is 1. The zero-order chi connectivity index (χ0) is 17.4. The lowest BCUT2D eigenvalue weighted by Crippen LogP contribution is -2.46. The second-order valence-corrected chi connectivity index (χ2v) is 6.92. The molecule has 4 rings (SSSR count). The molecule has 1 aliphatic rings. The summed E-state index contributed by atoms with van der Waals surface area (Å²) in [4.78, 5) is 12.1. The van der Waals surface area contributed by atoms with Crippen LogP contribution in [0.4, 0.5) is 5.82 Å². The highest BCUT2D eigenvalue weighted by Crippen LogP contribution is 2.29. The number of para-hydroxylation sites is 1. The van der Waals surface area contributed by atoms with Gasteiger partial charge < -0.3 is 9.64 Å². The second-order valence-electron chi connectivity index (χ2n) is 6.92. The molecule has 0 saturated carbocycles. The lowest BCUT2D eigenvalue weighted by molar-refractivity contribution is -0.00536. The SMILES string of the molecule is Cc1ccc(-c2nc(N3C[C@@H](C)O[C@@H](C)C3)c3ccccc3n2)cc1. The van der Waals surface area contributed by atoms with E-state index in [1.807, 2.05) is 12.1 Å². The number of aromatic nitrogens is 2. The summed E-state index contributed by atoms with van der Waals surface area (Å²) < 4.78 is 5.89. The monoisotopic (exact) mass is 333 g/mol. The van der Waals surface area contributed by atoms with Crippen molar-refractivity contribution in [2.45, 2.75) is 33.0 Å². The molecule has 0 N–H and O–H groups in total. The Morgan fingerprint density at radius 1 is 0.920 bits per heavy atom. The highest BCUT2D eigenvalue weighted by atomic mass is 16.5. The molecule has 0 radical (unpaired) electrons. The van der Waals surface area contributed by atoms with Crippen LogP contribution in [0.2, 0.25) is 0 Å². The van der Waals surface area contributed by atoms with Crippen LogP contribution in [0.5, 0.6) is 0 Å². The Bertz CT molecular complexity index is 881. The molecule has 128 valence electrons. The van der Waals surface area contributed by atoms with E-state index in [0.717, 1.165) is 41.2 Å². The minimum absolute atomic E-state index is 0.195. The third kappa shape index (κ3) is 3.22. The average Bonchev–Trinajstić information content (AvgIpc) is 2.60. The van der Waals surface area contributed by atoms with E-state index in [4.69, 9.17) is 14.7 Å². The average molecular weight is 333 g/mol. The van der Waals surface area contributed by atoms with Crippen LogP contribution in [0.25, 0.3) is 22.3 Å². The Morgan fingerprint density at radius 2 is 1.60 bits per heavy atom. The number of nitrogens with zero attached hydrogens (tertiary/aromatic N) is 3. The summed E-state index contributed by atoms with van der Waals surface area (Å²) in [5.74, 6) is 1.78. The van der Waals surface area contributed by atoms with Crippen LogP contribution >= 0.6 is 0 Å². The summed E-state index contributed by atoms with van der Waals surface area (Å²) >= 11 is 0. The molecule has 25 heavy (non-hydrogen) atoms. The van der Waals surface area contributed by atoms with Crippen LogP contribution in [0, 0.1) is 6.92 Å². The van der Waals surface area contributed by atoms with E-state index in [9.17, 15) is 0 Å². The Kier molecular flexibility index (Phi) is 4.14. The molecule has 4 nitrogen and oxygen atoms in total. The molecule has 0 unspecified atom stereocenters. The van der Waals surface area contributed by atoms with Crippen LogP contribution in [-0.4, -0.2) is 35.3 Å². The van der Waals surface area contributed by atoms with E-state index >= 15 is 0 Å². The summed E-state index contributed by atoms with van der Waals surface area (Å²) in [6.07, 6.45) is 0.389. The zero-order valence-electron chi connectivity index (χ0n) is 14.9. The minimum Gasteiger partial charge on any atom is -0.372 e. The quantitative estimate of drug-likeness (QED) is 0.704. The van der Waals surface area contributed by atoms with Crippen LogP contribution in [-0.2, 0) is 4.74 Å². The normalized spacial score (nSPS) is 20.8. The number of morpholine rings is 1. The maximum Gasteiger partial charge on any atom is 0.162 e. The molecule has 0 spiro atoms. The molecule has 2 atom stereocenters. The van der Waals surface area contributed by atoms with Crippen molar-refractivity contribution >= 4 is 16.7 Å². The molecule has 4 heteroatoms. The first kappa shape index (κ1) is 16.0. The second kappa shape index (κ2) is 6.45. The van der Waals surface area contributed by atoms with Gasteiger partial charge in [-0.25, -0.2) is 9.97 Å². The Balaban J connectivity index is 1.85. The maximum atomic E-state index is 5.89. The fraction of sp³-hybridized carbons (Fsp3) is 0.333. The fourth-order valence-electron chi connectivity index (χ4n) is 3.48. The van der Waals surface area contributed by atoms with Gasteiger partial charge in [-0.15, -0.1) is 0 Å². The van der Waals surface area contributed by atoms with Crippen molar-refractivity contribution in [3.63, 3.8) is 0 Å². The summed E-state index contributed by atoms with van der Waals surface area (Å²) in [5.41, 5.74) is 3.27. The van der Waals surface area contributed by atoms with E-state index in [1.165, 1.54) is 5.56 Å². The first-order valence-corrected chi connectivity index (χ1v) is 8.84. The van der Waals surface area contributed by atoms with Gasteiger partial charge in [-0.05, 0) is 32.9 Å². The van der Waals surface area contributed by atoms with Gasteiger partial charge in [-0.1, -0.05) is 42.0 Å². The highest BCUT2D eigenvalue weighted by molar-refractivity contribution is 5.91. The predicted octanol–water partition coefficient (Wildman–Crippen LogP) is 4.22. The van der Waals surface area contributed by atoms with Gasteiger partial charge in [0.1, 0.15) is 5.82 Å². The Morgan fingerprint density at radius 3 is 2.32 bits per heavy atom. The van der Waals surface area contributed by atoms with Crippen molar-refractivity contribution in [2.24, 2.45) is 0 Å². The number of benzene rings is 2. The molecule has 1 aliphatic heterocycles. The number of rotatable bonds is 2. The van der Waals surface area contributed by atoms with E-state index < -0.39 is 0 Å². The van der Waals surface area contributed by atoms with Crippen LogP contribution in [0.3, 0.4) is 0 Å². The van der Waals surface area contributed by atoms with Crippen LogP contribution in [0.1, 0.15) is 19.4 Å². The lowest BCUT2D eigenvalue weighted by atomic mass is 10.1. The van der Waals surface area contributed by atoms with E-state index in [-0.39, 0.29) is 12.2 Å². The van der Waals surface area contributed by atoms with E-state index in [1.54, 1.807) is 0 Å². The molecule has 1 saturated heterocycles. The van der Waals surface area contributed by atoms with Crippen molar-refractivity contribution in [3.05, 3.63) is 54.1 Å². The highest BCUT2D eigenvalue weighted by Gasteiger charge is 2.25. The summed E-state index contributed by atoms with van der Waals surface area (Å²) in [5, 5.41) is 1.10. The van der Waals surface area contributed by atoms with Gasteiger partial charge in [0.05, 0.1) is 17.7 Å². The Hall–Kier alpha value is -2.46. The number of ether oxygens (including phenoxy) is 1. The first-order valence-electron chi connectivity index (χ1n) is 8.84. The molecule has 0 bridgehead atoms. The third-order valence-electron chi connectivity index (χ3n) is 4.61. The van der Waals surface area contributed by atoms with Gasteiger partial charge in [0.15, 0.2) is 5.82 Å². The van der Waals surface area contributed by atoms with Gasteiger partial charge in [-0.3, -0.25) is 0 Å². The number of hydrogen-bond donors (Lipinski definition) is 0. The molecular formula is C21H23N3O. The van der Waals surface area contributed by atoms with Crippen LogP contribution in [0.15, 0.2) is 48.5 Å². The fourth-order valence-corrected chi connectivity index (χ4v) is 3.48. The van der Waals surface area contributed by atoms with Crippen molar-refractivity contribution in [1.82, 2.24) is 9.97 Å². The molecule has 2 heterocycles. The number of hydrogen-bond acceptors (Lipinski definition) is 4. The predicted molar refractivity (Wildman–Crippen MR) is 102 cm³/mol. The van der Waals surface area contributed by atoms with E-state index in [0.29, 0.717) is 0 Å². The summed E-state index contributed by atoms with van der Waals surface area (Å²) in [6.45, 7) is 8.02. The number of anilines is 1. The summed E-state index contributed by atoms with van der Waals surface area (Å²) in [6, 6.07) is 16.6. The lowest BCUT2D eigenvalue weighted by Gasteiger charge is -2.36. The van der Waals surface area contributed by atoms with Crippen LogP contribution < -0.4 is 4.90 Å². The van der Waals surface area contributed by atoms with Crippen molar-refractivity contribution in [2.75, 3.05) is 18.0 Å². The third-order valence-corrected chi connectivity index (χ3v) is 4.61. The molecule has 1 fully saturated rings.